The van der Waals surface area contributed by atoms with Gasteiger partial charge in [-0.2, -0.15) is 0 Å². The van der Waals surface area contributed by atoms with Crippen molar-refractivity contribution in [3.63, 3.8) is 0 Å². The predicted octanol–water partition coefficient (Wildman–Crippen LogP) is 4.67. The van der Waals surface area contributed by atoms with E-state index in [1.54, 1.807) is 36.4 Å². The van der Waals surface area contributed by atoms with Crippen LogP contribution in [0.15, 0.2) is 109 Å². The molecule has 0 aliphatic heterocycles. The van der Waals surface area contributed by atoms with E-state index in [1.165, 1.54) is 17.0 Å². The van der Waals surface area contributed by atoms with Crippen molar-refractivity contribution in [1.29, 1.82) is 5.41 Å². The summed E-state index contributed by atoms with van der Waals surface area (Å²) in [5.41, 5.74) is 9.09. The number of carboxylic acids is 1. The number of carboxylic acid groups (broad SMARTS) is 1. The third-order valence-electron chi connectivity index (χ3n) is 6.41. The van der Waals surface area contributed by atoms with E-state index in [-0.39, 0.29) is 24.6 Å². The number of amides is 2. The average molecular weight is 523 g/mol. The van der Waals surface area contributed by atoms with Gasteiger partial charge in [0.2, 0.25) is 0 Å². The number of benzene rings is 4. The first-order valence-corrected chi connectivity index (χ1v) is 12.4. The third kappa shape index (κ3) is 7.01. The van der Waals surface area contributed by atoms with Gasteiger partial charge in [-0.25, -0.2) is 9.59 Å². The zero-order chi connectivity index (χ0) is 27.8. The van der Waals surface area contributed by atoms with Crippen molar-refractivity contribution >= 4 is 17.8 Å². The quantitative estimate of drug-likeness (QED) is 0.152. The molecule has 8 nitrogen and oxygen atoms in total. The number of phenols is 1. The van der Waals surface area contributed by atoms with E-state index >= 15 is 0 Å². The number of amidine groups is 1. The standard InChI is InChI=1S/C31H30N4O4/c32-29(33)25-13-7-8-22(18-25)19-27(30(37)38)35(20-21-14-16-26(36)17-15-21)31(39)34-28(23-9-3-1-4-10-23)24-11-5-2-6-12-24/h1-18,27-28,36H,19-20H2,(H3,32,33)(H,34,39)(H,37,38)/t27-/m1/s1. The minimum atomic E-state index is -1.23. The van der Waals surface area contributed by atoms with E-state index in [1.807, 2.05) is 60.7 Å². The first kappa shape index (κ1) is 26.9. The molecular weight excluding hydrogens is 492 g/mol. The van der Waals surface area contributed by atoms with Crippen molar-refractivity contribution in [2.24, 2.45) is 5.73 Å². The summed E-state index contributed by atoms with van der Waals surface area (Å²) in [6.45, 7) is -0.00816. The second-order valence-electron chi connectivity index (χ2n) is 9.17. The van der Waals surface area contributed by atoms with Gasteiger partial charge in [-0.3, -0.25) is 5.41 Å². The van der Waals surface area contributed by atoms with E-state index in [9.17, 15) is 19.8 Å². The van der Waals surface area contributed by atoms with Gasteiger partial charge in [-0.05, 0) is 40.5 Å². The Balaban J connectivity index is 1.70. The van der Waals surface area contributed by atoms with Gasteiger partial charge >= 0.3 is 12.0 Å². The number of nitrogen functional groups attached to an aromatic ring is 1. The summed E-state index contributed by atoms with van der Waals surface area (Å²) in [6.07, 6.45) is 0.00327. The molecule has 8 heteroatoms. The predicted molar refractivity (Wildman–Crippen MR) is 149 cm³/mol. The number of carbonyl (C=O) groups is 2. The number of aliphatic carboxylic acids is 1. The largest absolute Gasteiger partial charge is 0.508 e. The number of nitrogens with two attached hydrogens (primary N) is 1. The molecule has 0 fully saturated rings. The van der Waals surface area contributed by atoms with Crippen molar-refractivity contribution in [2.75, 3.05) is 0 Å². The Bertz CT molecular complexity index is 1390. The summed E-state index contributed by atoms with van der Waals surface area (Å²) in [5, 5.41) is 30.8. The lowest BCUT2D eigenvalue weighted by Gasteiger charge is -2.32. The summed E-state index contributed by atoms with van der Waals surface area (Å²) in [6, 6.07) is 29.7. The molecular formula is C31H30N4O4. The first-order valence-electron chi connectivity index (χ1n) is 12.4. The van der Waals surface area contributed by atoms with E-state index in [0.29, 0.717) is 16.7 Å². The van der Waals surface area contributed by atoms with Crippen LogP contribution in [0.4, 0.5) is 4.79 Å². The Labute approximate surface area is 226 Å². The maximum absolute atomic E-state index is 13.9. The molecule has 0 radical (unpaired) electrons. The SMILES string of the molecule is N=C(N)c1cccc(C[C@H](C(=O)O)N(Cc2ccc(O)cc2)C(=O)NC(c2ccccc2)c2ccccc2)c1. The summed E-state index contributed by atoms with van der Waals surface area (Å²) in [4.78, 5) is 27.8. The smallest absolute Gasteiger partial charge is 0.326 e. The Kier molecular flexibility index (Phi) is 8.58. The van der Waals surface area contributed by atoms with Gasteiger partial charge in [0.25, 0.3) is 0 Å². The third-order valence-corrected chi connectivity index (χ3v) is 6.41. The van der Waals surface area contributed by atoms with Crippen LogP contribution in [0, 0.1) is 5.41 Å². The van der Waals surface area contributed by atoms with Gasteiger partial charge in [0.05, 0.1) is 6.04 Å². The summed E-state index contributed by atoms with van der Waals surface area (Å²) < 4.78 is 0. The molecule has 39 heavy (non-hydrogen) atoms. The number of urea groups is 1. The molecule has 0 aliphatic rings. The molecule has 0 aliphatic carbocycles. The second kappa shape index (κ2) is 12.4. The highest BCUT2D eigenvalue weighted by molar-refractivity contribution is 5.95. The molecule has 0 bridgehead atoms. The minimum Gasteiger partial charge on any atom is -0.508 e. The van der Waals surface area contributed by atoms with Crippen LogP contribution in [-0.2, 0) is 17.8 Å². The number of hydrogen-bond donors (Lipinski definition) is 5. The summed E-state index contributed by atoms with van der Waals surface area (Å²) in [7, 11) is 0. The van der Waals surface area contributed by atoms with E-state index < -0.39 is 24.1 Å². The lowest BCUT2D eigenvalue weighted by Crippen LogP contribution is -2.51. The van der Waals surface area contributed by atoms with Crippen LogP contribution in [-0.4, -0.2) is 39.0 Å². The number of aromatic hydroxyl groups is 1. The van der Waals surface area contributed by atoms with E-state index in [0.717, 1.165) is 11.1 Å². The number of nitrogens with zero attached hydrogens (tertiary/aromatic N) is 1. The zero-order valence-corrected chi connectivity index (χ0v) is 21.2. The van der Waals surface area contributed by atoms with Crippen LogP contribution in [0.1, 0.15) is 33.9 Å². The van der Waals surface area contributed by atoms with Crippen LogP contribution in [0.5, 0.6) is 5.75 Å². The monoisotopic (exact) mass is 522 g/mol. The summed E-state index contributed by atoms with van der Waals surface area (Å²) >= 11 is 0. The molecule has 198 valence electrons. The van der Waals surface area contributed by atoms with Gasteiger partial charge in [0, 0.05) is 18.5 Å². The molecule has 0 saturated carbocycles. The Hall–Kier alpha value is -5.11. The first-order chi connectivity index (χ1) is 18.8. The van der Waals surface area contributed by atoms with Crippen molar-refractivity contribution in [2.45, 2.75) is 25.0 Å². The minimum absolute atomic E-state index is 0.00327. The second-order valence-corrected chi connectivity index (χ2v) is 9.17. The Morgan fingerprint density at radius 3 is 1.95 bits per heavy atom. The van der Waals surface area contributed by atoms with Gasteiger partial charge in [-0.15, -0.1) is 0 Å². The van der Waals surface area contributed by atoms with Crippen LogP contribution in [0.2, 0.25) is 0 Å². The number of carbonyl (C=O) groups excluding carboxylic acids is 1. The van der Waals surface area contributed by atoms with Gasteiger partial charge in [-0.1, -0.05) is 91.0 Å². The Morgan fingerprint density at radius 2 is 1.41 bits per heavy atom. The van der Waals surface area contributed by atoms with Crippen molar-refractivity contribution in [1.82, 2.24) is 10.2 Å². The molecule has 6 N–H and O–H groups in total. The van der Waals surface area contributed by atoms with Crippen molar-refractivity contribution in [3.05, 3.63) is 137 Å². The molecule has 4 aromatic rings. The molecule has 1 atom stereocenters. The molecule has 0 aromatic heterocycles. The molecule has 0 unspecified atom stereocenters. The number of hydrogen-bond acceptors (Lipinski definition) is 4. The van der Waals surface area contributed by atoms with Crippen molar-refractivity contribution < 1.29 is 19.8 Å². The topological polar surface area (TPSA) is 140 Å². The van der Waals surface area contributed by atoms with Gasteiger partial charge in [0.15, 0.2) is 0 Å². The van der Waals surface area contributed by atoms with E-state index in [4.69, 9.17) is 11.1 Å². The highest BCUT2D eigenvalue weighted by Crippen LogP contribution is 2.24. The molecule has 4 rings (SSSR count). The van der Waals surface area contributed by atoms with Gasteiger partial charge < -0.3 is 26.2 Å². The van der Waals surface area contributed by atoms with Crippen LogP contribution in [0.3, 0.4) is 0 Å². The fourth-order valence-corrected chi connectivity index (χ4v) is 4.40. The maximum atomic E-state index is 13.9. The molecule has 2 amide bonds. The lowest BCUT2D eigenvalue weighted by molar-refractivity contribution is -0.142. The average Bonchev–Trinajstić information content (AvgIpc) is 2.95. The van der Waals surface area contributed by atoms with Gasteiger partial charge in [0.1, 0.15) is 17.6 Å². The highest BCUT2D eigenvalue weighted by Gasteiger charge is 2.32. The van der Waals surface area contributed by atoms with Crippen LogP contribution in [0.25, 0.3) is 0 Å². The number of nitrogens with one attached hydrogen (secondary N) is 2. The van der Waals surface area contributed by atoms with E-state index in [2.05, 4.69) is 5.32 Å². The fraction of sp³-hybridized carbons (Fsp3) is 0.129. The zero-order valence-electron chi connectivity index (χ0n) is 21.2. The van der Waals surface area contributed by atoms with Crippen LogP contribution >= 0.6 is 0 Å². The normalized spacial score (nSPS) is 11.5. The lowest BCUT2D eigenvalue weighted by atomic mass is 9.98. The molecule has 0 spiro atoms. The number of rotatable bonds is 10. The summed E-state index contributed by atoms with van der Waals surface area (Å²) in [5.74, 6) is -1.23. The highest BCUT2D eigenvalue weighted by atomic mass is 16.4. The fourth-order valence-electron chi connectivity index (χ4n) is 4.40. The maximum Gasteiger partial charge on any atom is 0.326 e. The molecule has 0 heterocycles. The van der Waals surface area contributed by atoms with Crippen molar-refractivity contribution in [3.8, 4) is 5.75 Å². The Morgan fingerprint density at radius 1 is 0.821 bits per heavy atom. The van der Waals surface area contributed by atoms with Crippen LogP contribution < -0.4 is 11.1 Å². The number of phenolic OH excluding ortho intramolecular Hbond substituents is 1. The molecule has 4 aromatic carbocycles. The molecule has 0 saturated heterocycles.